The predicted octanol–water partition coefficient (Wildman–Crippen LogP) is 1.90. The maximum Gasteiger partial charge on any atom is 0.324 e. The molecule has 4 nitrogen and oxygen atoms in total. The zero-order valence-electron chi connectivity index (χ0n) is 9.97. The van der Waals surface area contributed by atoms with Gasteiger partial charge in [-0.05, 0) is 19.9 Å². The van der Waals surface area contributed by atoms with Gasteiger partial charge in [0.2, 0.25) is 0 Å². The monoisotopic (exact) mass is 235 g/mol. The second kappa shape index (κ2) is 6.06. The molecule has 0 aliphatic heterocycles. The van der Waals surface area contributed by atoms with Crippen molar-refractivity contribution in [1.29, 1.82) is 0 Å². The fourth-order valence-electron chi connectivity index (χ4n) is 1.43. The molecule has 0 amide bonds. The molecule has 17 heavy (non-hydrogen) atoms. The number of hydrogen-bond donors (Lipinski definition) is 3. The summed E-state index contributed by atoms with van der Waals surface area (Å²) in [4.78, 5) is 11.0. The van der Waals surface area contributed by atoms with E-state index in [4.69, 9.17) is 5.11 Å². The average Bonchev–Trinajstić information content (AvgIpc) is 2.25. The van der Waals surface area contributed by atoms with Crippen molar-refractivity contribution in [3.63, 3.8) is 0 Å². The third-order valence-corrected chi connectivity index (χ3v) is 2.27. The van der Waals surface area contributed by atoms with Gasteiger partial charge >= 0.3 is 5.97 Å². The molecule has 0 unspecified atom stereocenters. The first kappa shape index (κ1) is 13.3. The smallest absolute Gasteiger partial charge is 0.324 e. The van der Waals surface area contributed by atoms with Gasteiger partial charge in [0.05, 0.1) is 0 Å². The molecule has 0 aliphatic rings. The summed E-state index contributed by atoms with van der Waals surface area (Å²) < 4.78 is 0. The van der Waals surface area contributed by atoms with E-state index in [9.17, 15) is 9.90 Å². The molecule has 92 valence electrons. The Morgan fingerprint density at radius 2 is 2.06 bits per heavy atom. The number of aromatic hydroxyl groups is 1. The maximum atomic E-state index is 11.0. The van der Waals surface area contributed by atoms with Gasteiger partial charge in [-0.25, -0.2) is 0 Å². The lowest BCUT2D eigenvalue weighted by molar-refractivity contribution is -0.138. The molecule has 4 heteroatoms. The molecule has 0 spiro atoms. The molecule has 0 bridgehead atoms. The average molecular weight is 235 g/mol. The highest BCUT2D eigenvalue weighted by atomic mass is 16.4. The van der Waals surface area contributed by atoms with Crippen LogP contribution in [0.5, 0.6) is 5.75 Å². The number of para-hydroxylation sites is 1. The Labute approximate surface area is 101 Å². The zero-order chi connectivity index (χ0) is 12.8. The molecule has 0 fully saturated rings. The summed E-state index contributed by atoms with van der Waals surface area (Å²) >= 11 is 0. The van der Waals surface area contributed by atoms with Crippen LogP contribution in [0.3, 0.4) is 0 Å². The van der Waals surface area contributed by atoms with E-state index < -0.39 is 12.0 Å². The number of aliphatic carboxylic acids is 1. The van der Waals surface area contributed by atoms with Crippen LogP contribution in [0.2, 0.25) is 0 Å². The summed E-state index contributed by atoms with van der Waals surface area (Å²) in [5.74, 6) is -0.761. The van der Waals surface area contributed by atoms with Crippen molar-refractivity contribution in [2.75, 3.05) is 0 Å². The lowest BCUT2D eigenvalue weighted by Crippen LogP contribution is -2.34. The van der Waals surface area contributed by atoms with Crippen LogP contribution in [0.15, 0.2) is 35.9 Å². The summed E-state index contributed by atoms with van der Waals surface area (Å²) in [6, 6.07) is 6.12. The largest absolute Gasteiger partial charge is 0.508 e. The summed E-state index contributed by atoms with van der Waals surface area (Å²) in [7, 11) is 0. The lowest BCUT2D eigenvalue weighted by atomic mass is 10.1. The van der Waals surface area contributed by atoms with Gasteiger partial charge in [-0.3, -0.25) is 10.1 Å². The van der Waals surface area contributed by atoms with Crippen molar-refractivity contribution in [3.8, 4) is 5.75 Å². The number of hydrogen-bond acceptors (Lipinski definition) is 3. The fraction of sp³-hybridized carbons (Fsp3) is 0.308. The van der Waals surface area contributed by atoms with Crippen LogP contribution in [0.4, 0.5) is 0 Å². The Balaban J connectivity index is 2.68. The van der Waals surface area contributed by atoms with Gasteiger partial charge < -0.3 is 10.2 Å². The molecule has 0 aromatic heterocycles. The molecule has 0 aliphatic carbocycles. The van der Waals surface area contributed by atoms with Crippen LogP contribution >= 0.6 is 0 Å². The van der Waals surface area contributed by atoms with Gasteiger partial charge in [-0.2, -0.15) is 0 Å². The van der Waals surface area contributed by atoms with Crippen LogP contribution in [0.25, 0.3) is 0 Å². The molecule has 1 rings (SSSR count). The van der Waals surface area contributed by atoms with Gasteiger partial charge in [0.25, 0.3) is 0 Å². The molecule has 0 heterocycles. The lowest BCUT2D eigenvalue weighted by Gasteiger charge is -2.12. The molecule has 1 aromatic rings. The number of phenolic OH excluding ortho intramolecular Hbond substituents is 1. The highest BCUT2D eigenvalue weighted by Crippen LogP contribution is 2.15. The van der Waals surface area contributed by atoms with E-state index in [0.29, 0.717) is 12.1 Å². The third-order valence-electron chi connectivity index (χ3n) is 2.27. The van der Waals surface area contributed by atoms with Crippen molar-refractivity contribution in [2.24, 2.45) is 0 Å². The number of carbonyl (C=O) groups is 1. The van der Waals surface area contributed by atoms with E-state index in [2.05, 4.69) is 5.32 Å². The van der Waals surface area contributed by atoms with Gasteiger partial charge in [-0.15, -0.1) is 0 Å². The molecule has 1 aromatic carbocycles. The molecule has 0 saturated carbocycles. The Kier molecular flexibility index (Phi) is 4.72. The van der Waals surface area contributed by atoms with Gasteiger partial charge in [0, 0.05) is 12.1 Å². The Bertz CT molecular complexity index is 422. The second-order valence-electron chi connectivity index (χ2n) is 4.07. The molecular formula is C13H17NO3. The summed E-state index contributed by atoms with van der Waals surface area (Å²) in [5, 5.41) is 21.4. The Morgan fingerprint density at radius 3 is 2.59 bits per heavy atom. The first-order valence-corrected chi connectivity index (χ1v) is 5.39. The minimum absolute atomic E-state index is 0.168. The van der Waals surface area contributed by atoms with Crippen molar-refractivity contribution in [2.45, 2.75) is 26.4 Å². The minimum Gasteiger partial charge on any atom is -0.508 e. The fourth-order valence-corrected chi connectivity index (χ4v) is 1.43. The van der Waals surface area contributed by atoms with Crippen LogP contribution in [0, 0.1) is 0 Å². The maximum absolute atomic E-state index is 11.0. The van der Waals surface area contributed by atoms with Crippen LogP contribution < -0.4 is 5.32 Å². The summed E-state index contributed by atoms with van der Waals surface area (Å²) in [5.41, 5.74) is 1.61. The van der Waals surface area contributed by atoms with E-state index >= 15 is 0 Å². The van der Waals surface area contributed by atoms with Crippen LogP contribution in [-0.2, 0) is 11.3 Å². The first-order valence-electron chi connectivity index (χ1n) is 5.39. The van der Waals surface area contributed by atoms with E-state index in [-0.39, 0.29) is 5.75 Å². The zero-order valence-corrected chi connectivity index (χ0v) is 9.97. The predicted molar refractivity (Wildman–Crippen MR) is 65.8 cm³/mol. The third kappa shape index (κ3) is 4.28. The van der Waals surface area contributed by atoms with Crippen LogP contribution in [0.1, 0.15) is 19.4 Å². The number of carboxylic acids is 1. The van der Waals surface area contributed by atoms with Gasteiger partial charge in [0.1, 0.15) is 11.8 Å². The van der Waals surface area contributed by atoms with Gasteiger partial charge in [-0.1, -0.05) is 29.8 Å². The van der Waals surface area contributed by atoms with Crippen molar-refractivity contribution >= 4 is 5.97 Å². The van der Waals surface area contributed by atoms with Crippen molar-refractivity contribution in [1.82, 2.24) is 5.32 Å². The Hall–Kier alpha value is -1.81. The van der Waals surface area contributed by atoms with E-state index in [1.54, 1.807) is 30.3 Å². The number of benzene rings is 1. The summed E-state index contributed by atoms with van der Waals surface area (Å²) in [6.45, 7) is 4.00. The summed E-state index contributed by atoms with van der Waals surface area (Å²) in [6.07, 6.45) is 1.64. The van der Waals surface area contributed by atoms with Gasteiger partial charge in [0.15, 0.2) is 0 Å². The Morgan fingerprint density at radius 1 is 1.41 bits per heavy atom. The van der Waals surface area contributed by atoms with Crippen LogP contribution in [-0.4, -0.2) is 22.2 Å². The van der Waals surface area contributed by atoms with E-state index in [1.165, 1.54) is 0 Å². The second-order valence-corrected chi connectivity index (χ2v) is 4.07. The van der Waals surface area contributed by atoms with E-state index in [1.807, 2.05) is 13.8 Å². The number of phenols is 1. The quantitative estimate of drug-likeness (QED) is 0.682. The molecule has 3 N–H and O–H groups in total. The minimum atomic E-state index is -0.929. The normalized spacial score (nSPS) is 11.9. The van der Waals surface area contributed by atoms with Crippen molar-refractivity contribution < 1.29 is 15.0 Å². The number of nitrogens with one attached hydrogen (secondary N) is 1. The standard InChI is InChI=1S/C13H17NO3/c1-9(2)7-11(13(16)17)14-8-10-5-3-4-6-12(10)15/h3-7,11,14-15H,8H2,1-2H3,(H,16,17)/t11-/m0/s1. The molecule has 0 radical (unpaired) electrons. The topological polar surface area (TPSA) is 69.6 Å². The van der Waals surface area contributed by atoms with Crippen molar-refractivity contribution in [3.05, 3.63) is 41.5 Å². The number of allylic oxidation sites excluding steroid dienone is 1. The number of rotatable bonds is 5. The number of carboxylic acid groups (broad SMARTS) is 1. The first-order chi connectivity index (χ1) is 8.00. The molecular weight excluding hydrogens is 218 g/mol. The van der Waals surface area contributed by atoms with E-state index in [0.717, 1.165) is 5.57 Å². The SMILES string of the molecule is CC(C)=C[C@H](NCc1ccccc1O)C(=O)O. The highest BCUT2D eigenvalue weighted by Gasteiger charge is 2.13. The highest BCUT2D eigenvalue weighted by molar-refractivity contribution is 5.76. The molecule has 0 saturated heterocycles. The molecule has 1 atom stereocenters.